The van der Waals surface area contributed by atoms with Gasteiger partial charge in [-0.05, 0) is 12.1 Å². The first-order chi connectivity index (χ1) is 8.61. The highest BCUT2D eigenvalue weighted by Crippen LogP contribution is 2.19. The Morgan fingerprint density at radius 2 is 2.06 bits per heavy atom. The molecule has 6 heteroatoms. The molecule has 2 heterocycles. The molecule has 0 aliphatic carbocycles. The van der Waals surface area contributed by atoms with Gasteiger partial charge in [0.25, 0.3) is 5.56 Å². The van der Waals surface area contributed by atoms with E-state index in [0.29, 0.717) is 29.0 Å². The van der Waals surface area contributed by atoms with Crippen LogP contribution >= 0.6 is 11.6 Å². The van der Waals surface area contributed by atoms with Gasteiger partial charge in [0, 0.05) is 20.1 Å². The van der Waals surface area contributed by atoms with Crippen LogP contribution in [0.3, 0.4) is 0 Å². The zero-order valence-corrected chi connectivity index (χ0v) is 10.6. The van der Waals surface area contributed by atoms with Crippen LogP contribution in [0.4, 0.5) is 0 Å². The molecule has 1 aromatic heterocycles. The van der Waals surface area contributed by atoms with Crippen molar-refractivity contribution in [2.45, 2.75) is 6.04 Å². The quantitative estimate of drug-likeness (QED) is 0.817. The van der Waals surface area contributed by atoms with Gasteiger partial charge in [0.1, 0.15) is 0 Å². The number of nitrogens with one attached hydrogen (secondary N) is 1. The van der Waals surface area contributed by atoms with Gasteiger partial charge in [-0.15, -0.1) is 0 Å². The van der Waals surface area contributed by atoms with E-state index in [0.717, 1.165) is 0 Å². The lowest BCUT2D eigenvalue weighted by atomic mass is 10.1. The molecular weight excluding hydrogens is 254 g/mol. The van der Waals surface area contributed by atoms with Gasteiger partial charge in [0.15, 0.2) is 0 Å². The van der Waals surface area contributed by atoms with Gasteiger partial charge in [-0.2, -0.15) is 0 Å². The third-order valence-corrected chi connectivity index (χ3v) is 3.72. The Kier molecular flexibility index (Phi) is 2.53. The molecule has 0 unspecified atom stereocenters. The van der Waals surface area contributed by atoms with Crippen molar-refractivity contribution in [2.24, 2.45) is 7.05 Å². The van der Waals surface area contributed by atoms with Crippen molar-refractivity contribution in [2.75, 3.05) is 13.1 Å². The van der Waals surface area contributed by atoms with Crippen molar-refractivity contribution < 1.29 is 0 Å². The lowest BCUT2D eigenvalue weighted by molar-refractivity contribution is 0.323. The molecule has 1 saturated heterocycles. The highest BCUT2D eigenvalue weighted by molar-refractivity contribution is 6.35. The number of hydrogen-bond donors (Lipinski definition) is 1. The first-order valence-corrected chi connectivity index (χ1v) is 6.09. The molecule has 94 valence electrons. The smallest absolute Gasteiger partial charge is 0.312 e. The van der Waals surface area contributed by atoms with Gasteiger partial charge >= 0.3 is 5.69 Å². The number of hydrogen-bond acceptors (Lipinski definition) is 3. The molecule has 0 atom stereocenters. The molecule has 0 bridgehead atoms. The van der Waals surface area contributed by atoms with Crippen LogP contribution in [-0.4, -0.2) is 22.2 Å². The Hall–Kier alpha value is -1.59. The average molecular weight is 266 g/mol. The highest BCUT2D eigenvalue weighted by Gasteiger charge is 2.24. The summed E-state index contributed by atoms with van der Waals surface area (Å²) in [5.41, 5.74) is -0.0208. The number of aromatic nitrogens is 2. The number of fused-ring (bicyclic) bond motifs is 1. The monoisotopic (exact) mass is 265 g/mol. The number of nitrogens with zero attached hydrogens (tertiary/aromatic N) is 2. The van der Waals surface area contributed by atoms with E-state index in [-0.39, 0.29) is 17.3 Å². The minimum absolute atomic E-state index is 0.0723. The van der Waals surface area contributed by atoms with E-state index in [4.69, 9.17) is 11.6 Å². The van der Waals surface area contributed by atoms with E-state index in [1.54, 1.807) is 25.2 Å². The molecular formula is C12H12ClN3O2. The van der Waals surface area contributed by atoms with E-state index in [1.807, 2.05) is 0 Å². The highest BCUT2D eigenvalue weighted by atomic mass is 35.5. The van der Waals surface area contributed by atoms with Gasteiger partial charge in [-0.25, -0.2) is 4.79 Å². The largest absolute Gasteiger partial charge is 0.331 e. The van der Waals surface area contributed by atoms with Gasteiger partial charge in [-0.1, -0.05) is 17.7 Å². The van der Waals surface area contributed by atoms with Crippen LogP contribution in [0.2, 0.25) is 5.02 Å². The second-order valence-electron chi connectivity index (χ2n) is 4.46. The molecule has 18 heavy (non-hydrogen) atoms. The summed E-state index contributed by atoms with van der Waals surface area (Å²) in [6, 6.07) is 5.06. The van der Waals surface area contributed by atoms with Crippen molar-refractivity contribution >= 4 is 22.5 Å². The van der Waals surface area contributed by atoms with Crippen molar-refractivity contribution in [3.05, 3.63) is 44.1 Å². The van der Waals surface area contributed by atoms with Gasteiger partial charge in [0.2, 0.25) is 0 Å². The summed E-state index contributed by atoms with van der Waals surface area (Å²) in [6.45, 7) is 1.29. The predicted octanol–water partition coefficient (Wildman–Crippen LogP) is 0.498. The maximum Gasteiger partial charge on any atom is 0.331 e. The summed E-state index contributed by atoms with van der Waals surface area (Å²) >= 11 is 6.08. The number of benzene rings is 1. The zero-order chi connectivity index (χ0) is 12.9. The molecule has 0 spiro atoms. The summed E-state index contributed by atoms with van der Waals surface area (Å²) in [6.07, 6.45) is 0. The molecule has 1 N–H and O–H groups in total. The Morgan fingerprint density at radius 1 is 1.33 bits per heavy atom. The van der Waals surface area contributed by atoms with E-state index >= 15 is 0 Å². The SMILES string of the molecule is Cn1c(=O)n(C2CNC2)c(=O)c2c(Cl)cccc21. The molecule has 0 amide bonds. The molecule has 0 radical (unpaired) electrons. The molecule has 1 aliphatic heterocycles. The van der Waals surface area contributed by atoms with Crippen LogP contribution in [0.1, 0.15) is 6.04 Å². The maximum absolute atomic E-state index is 12.4. The van der Waals surface area contributed by atoms with Crippen LogP contribution in [0.25, 0.3) is 10.9 Å². The van der Waals surface area contributed by atoms with E-state index in [2.05, 4.69) is 5.32 Å². The third-order valence-electron chi connectivity index (χ3n) is 3.40. The standard InChI is InChI=1S/C12H12ClN3O2/c1-15-9-4-2-3-8(13)10(9)11(17)16(12(15)18)7-5-14-6-7/h2-4,7,14H,5-6H2,1H3. The van der Waals surface area contributed by atoms with Gasteiger partial charge in [-0.3, -0.25) is 13.9 Å². The van der Waals surface area contributed by atoms with Gasteiger partial charge in [0.05, 0.1) is 22.0 Å². The average Bonchev–Trinajstić information content (AvgIpc) is 2.29. The number of halogens is 1. The Balaban J connectivity index is 2.48. The third kappa shape index (κ3) is 1.44. The molecule has 5 nitrogen and oxygen atoms in total. The Bertz CT molecular complexity index is 743. The fraction of sp³-hybridized carbons (Fsp3) is 0.333. The Morgan fingerprint density at radius 3 is 2.67 bits per heavy atom. The first kappa shape index (κ1) is 11.5. The lowest BCUT2D eigenvalue weighted by Gasteiger charge is -2.28. The normalized spacial score (nSPS) is 15.9. The van der Waals surface area contributed by atoms with Crippen LogP contribution in [0, 0.1) is 0 Å². The molecule has 0 saturated carbocycles. The Labute approximate surface area is 108 Å². The minimum Gasteiger partial charge on any atom is -0.312 e. The summed E-state index contributed by atoms with van der Waals surface area (Å²) in [5, 5.41) is 3.85. The maximum atomic E-state index is 12.4. The van der Waals surface area contributed by atoms with Crippen LogP contribution in [-0.2, 0) is 7.05 Å². The minimum atomic E-state index is -0.301. The van der Waals surface area contributed by atoms with Crippen LogP contribution < -0.4 is 16.6 Å². The first-order valence-electron chi connectivity index (χ1n) is 5.71. The van der Waals surface area contributed by atoms with Crippen molar-refractivity contribution in [1.29, 1.82) is 0 Å². The fourth-order valence-electron chi connectivity index (χ4n) is 2.25. The van der Waals surface area contributed by atoms with Crippen LogP contribution in [0.5, 0.6) is 0 Å². The molecule has 1 aliphatic rings. The van der Waals surface area contributed by atoms with Crippen molar-refractivity contribution in [1.82, 2.24) is 14.5 Å². The lowest BCUT2D eigenvalue weighted by Crippen LogP contribution is -2.53. The van der Waals surface area contributed by atoms with Gasteiger partial charge < -0.3 is 5.32 Å². The van der Waals surface area contributed by atoms with Crippen molar-refractivity contribution in [3.8, 4) is 0 Å². The van der Waals surface area contributed by atoms with E-state index in [9.17, 15) is 9.59 Å². The molecule has 1 fully saturated rings. The fourth-order valence-corrected chi connectivity index (χ4v) is 2.50. The molecule has 3 rings (SSSR count). The number of aryl methyl sites for hydroxylation is 1. The molecule has 2 aromatic rings. The molecule has 1 aromatic carbocycles. The van der Waals surface area contributed by atoms with E-state index in [1.165, 1.54) is 9.13 Å². The summed E-state index contributed by atoms with van der Waals surface area (Å²) in [4.78, 5) is 24.6. The number of rotatable bonds is 1. The van der Waals surface area contributed by atoms with E-state index < -0.39 is 0 Å². The second-order valence-corrected chi connectivity index (χ2v) is 4.87. The summed E-state index contributed by atoms with van der Waals surface area (Å²) in [7, 11) is 1.66. The zero-order valence-electron chi connectivity index (χ0n) is 9.81. The predicted molar refractivity (Wildman–Crippen MR) is 70.4 cm³/mol. The van der Waals surface area contributed by atoms with Crippen molar-refractivity contribution in [3.63, 3.8) is 0 Å². The second kappa shape index (κ2) is 3.96. The summed E-state index contributed by atoms with van der Waals surface area (Å²) < 4.78 is 2.77. The topological polar surface area (TPSA) is 56.0 Å². The summed E-state index contributed by atoms with van der Waals surface area (Å²) in [5.74, 6) is 0. The van der Waals surface area contributed by atoms with Crippen LogP contribution in [0.15, 0.2) is 27.8 Å².